The number of hydroxylamine groups is 1. The van der Waals surface area contributed by atoms with Crippen LogP contribution >= 0.6 is 0 Å². The van der Waals surface area contributed by atoms with Gasteiger partial charge in [0, 0.05) is 30.0 Å². The van der Waals surface area contributed by atoms with E-state index in [1.807, 2.05) is 60.7 Å². The van der Waals surface area contributed by atoms with Gasteiger partial charge >= 0.3 is 0 Å². The highest BCUT2D eigenvalue weighted by atomic mass is 16.5. The molecular formula is C28H30N2O6. The van der Waals surface area contributed by atoms with Crippen molar-refractivity contribution in [2.75, 3.05) is 14.2 Å². The number of methoxy groups -OCH3 is 2. The Bertz CT molecular complexity index is 1240. The van der Waals surface area contributed by atoms with E-state index >= 15 is 0 Å². The molecule has 0 saturated heterocycles. The third kappa shape index (κ3) is 5.35. The Morgan fingerprint density at radius 3 is 2.47 bits per heavy atom. The molecule has 4 rings (SSSR count). The molecular weight excluding hydrogens is 460 g/mol. The van der Waals surface area contributed by atoms with Crippen LogP contribution in [-0.2, 0) is 28.2 Å². The lowest BCUT2D eigenvalue weighted by Crippen LogP contribution is -2.47. The van der Waals surface area contributed by atoms with Gasteiger partial charge in [-0.25, -0.2) is 5.48 Å². The zero-order valence-corrected chi connectivity index (χ0v) is 20.3. The number of amides is 2. The molecule has 0 fully saturated rings. The van der Waals surface area contributed by atoms with E-state index in [1.54, 1.807) is 25.8 Å². The van der Waals surface area contributed by atoms with Gasteiger partial charge in [0.15, 0.2) is 5.72 Å². The Morgan fingerprint density at radius 1 is 1.03 bits per heavy atom. The van der Waals surface area contributed by atoms with Gasteiger partial charge in [-0.3, -0.25) is 14.8 Å². The number of rotatable bonds is 9. The molecule has 3 aromatic carbocycles. The molecule has 0 bridgehead atoms. The third-order valence-corrected chi connectivity index (χ3v) is 6.63. The van der Waals surface area contributed by atoms with Crippen LogP contribution in [0.2, 0.25) is 0 Å². The summed E-state index contributed by atoms with van der Waals surface area (Å²) in [5, 5.41) is 23.0. The highest BCUT2D eigenvalue weighted by molar-refractivity contribution is 5.86. The SMILES string of the molecule is COc1ccc(-c2ccc(C[C@H](CC(=O)NO)C(=O)N[C@]3(O)CCc4ccccc43)cc2)c(OC)c1. The Balaban J connectivity index is 1.53. The van der Waals surface area contributed by atoms with E-state index in [2.05, 4.69) is 5.32 Å². The number of ether oxygens (including phenoxy) is 2. The van der Waals surface area contributed by atoms with Gasteiger partial charge in [-0.1, -0.05) is 48.5 Å². The van der Waals surface area contributed by atoms with Crippen molar-refractivity contribution in [3.63, 3.8) is 0 Å². The Morgan fingerprint density at radius 2 is 1.78 bits per heavy atom. The van der Waals surface area contributed by atoms with Gasteiger partial charge in [0.2, 0.25) is 11.8 Å². The number of benzene rings is 3. The molecule has 1 aliphatic carbocycles. The first kappa shape index (κ1) is 25.2. The fraction of sp³-hybridized carbons (Fsp3) is 0.286. The second-order valence-electron chi connectivity index (χ2n) is 8.91. The van der Waals surface area contributed by atoms with Crippen molar-refractivity contribution in [2.45, 2.75) is 31.4 Å². The molecule has 1 aliphatic rings. The summed E-state index contributed by atoms with van der Waals surface area (Å²) in [5.41, 5.74) is 4.40. The number of hydrogen-bond acceptors (Lipinski definition) is 6. The molecule has 0 unspecified atom stereocenters. The summed E-state index contributed by atoms with van der Waals surface area (Å²) in [4.78, 5) is 25.2. The van der Waals surface area contributed by atoms with Crippen molar-refractivity contribution in [3.05, 3.63) is 83.4 Å². The number of fused-ring (bicyclic) bond motifs is 1. The summed E-state index contributed by atoms with van der Waals surface area (Å²) in [6.07, 6.45) is 1.02. The largest absolute Gasteiger partial charge is 0.497 e. The summed E-state index contributed by atoms with van der Waals surface area (Å²) < 4.78 is 10.8. The zero-order valence-electron chi connectivity index (χ0n) is 20.3. The Labute approximate surface area is 209 Å². The van der Waals surface area contributed by atoms with Crippen LogP contribution in [0.5, 0.6) is 11.5 Å². The average molecular weight is 491 g/mol. The molecule has 3 aromatic rings. The molecule has 2 atom stereocenters. The van der Waals surface area contributed by atoms with Gasteiger partial charge in [-0.05, 0) is 41.7 Å². The molecule has 36 heavy (non-hydrogen) atoms. The van der Waals surface area contributed by atoms with Gasteiger partial charge in [-0.2, -0.15) is 0 Å². The average Bonchev–Trinajstić information content (AvgIpc) is 3.24. The molecule has 8 nitrogen and oxygen atoms in total. The first-order valence-corrected chi connectivity index (χ1v) is 11.7. The van der Waals surface area contributed by atoms with Crippen molar-refractivity contribution in [1.29, 1.82) is 0 Å². The molecule has 2 amide bonds. The first-order chi connectivity index (χ1) is 17.4. The number of carbonyl (C=O) groups is 2. The summed E-state index contributed by atoms with van der Waals surface area (Å²) in [6.45, 7) is 0. The van der Waals surface area contributed by atoms with Crippen LogP contribution in [0.15, 0.2) is 66.7 Å². The molecule has 188 valence electrons. The number of hydrogen-bond donors (Lipinski definition) is 4. The third-order valence-electron chi connectivity index (χ3n) is 6.63. The van der Waals surface area contributed by atoms with Gasteiger partial charge in [0.05, 0.1) is 20.1 Å². The summed E-state index contributed by atoms with van der Waals surface area (Å²) in [5.74, 6) is -0.568. The smallest absolute Gasteiger partial charge is 0.244 e. The standard InChI is InChI=1S/C28H30N2O6/c1-35-22-11-12-23(25(17-22)36-2)19-9-7-18(8-10-19)15-21(16-26(31)30-34)27(32)29-28(33)14-13-20-5-3-4-6-24(20)28/h3-12,17,21,33-34H,13-16H2,1-2H3,(H,29,32)(H,30,31)/t21-,28+/m1/s1. The number of aryl methyl sites for hydroxylation is 1. The zero-order chi connectivity index (χ0) is 25.7. The molecule has 0 saturated carbocycles. The minimum Gasteiger partial charge on any atom is -0.497 e. The second kappa shape index (κ2) is 10.8. The van der Waals surface area contributed by atoms with Gasteiger partial charge in [0.25, 0.3) is 0 Å². The van der Waals surface area contributed by atoms with Crippen LogP contribution < -0.4 is 20.3 Å². The van der Waals surface area contributed by atoms with Crippen molar-refractivity contribution in [1.82, 2.24) is 10.8 Å². The quantitative estimate of drug-likeness (QED) is 0.208. The fourth-order valence-electron chi connectivity index (χ4n) is 4.70. The normalized spacial score (nSPS) is 17.1. The van der Waals surface area contributed by atoms with Crippen LogP contribution in [-0.4, -0.2) is 36.3 Å². The molecule has 0 radical (unpaired) electrons. The molecule has 0 aliphatic heterocycles. The maximum Gasteiger partial charge on any atom is 0.244 e. The van der Waals surface area contributed by atoms with Crippen molar-refractivity contribution < 1.29 is 29.4 Å². The van der Waals surface area contributed by atoms with Gasteiger partial charge in [-0.15, -0.1) is 0 Å². The predicted octanol–water partition coefficient (Wildman–Crippen LogP) is 3.33. The summed E-state index contributed by atoms with van der Waals surface area (Å²) in [7, 11) is 3.19. The van der Waals surface area contributed by atoms with Crippen LogP contribution in [0.4, 0.5) is 0 Å². The number of aliphatic hydroxyl groups is 1. The Hall–Kier alpha value is -3.88. The first-order valence-electron chi connectivity index (χ1n) is 11.7. The lowest BCUT2D eigenvalue weighted by molar-refractivity contribution is -0.139. The molecule has 0 heterocycles. The van der Waals surface area contributed by atoms with Crippen molar-refractivity contribution >= 4 is 11.8 Å². The maximum absolute atomic E-state index is 13.2. The fourth-order valence-corrected chi connectivity index (χ4v) is 4.70. The highest BCUT2D eigenvalue weighted by Crippen LogP contribution is 2.36. The van der Waals surface area contributed by atoms with E-state index in [1.165, 1.54) is 0 Å². The molecule has 4 N–H and O–H groups in total. The van der Waals surface area contributed by atoms with Gasteiger partial charge in [0.1, 0.15) is 11.5 Å². The van der Waals surface area contributed by atoms with Crippen LogP contribution in [0.3, 0.4) is 0 Å². The molecule has 0 aromatic heterocycles. The molecule has 8 heteroatoms. The van der Waals surface area contributed by atoms with E-state index in [4.69, 9.17) is 14.7 Å². The minimum atomic E-state index is -1.49. The van der Waals surface area contributed by atoms with E-state index in [9.17, 15) is 14.7 Å². The predicted molar refractivity (Wildman–Crippen MR) is 134 cm³/mol. The number of carbonyl (C=O) groups excluding carboxylic acids is 2. The lowest BCUT2D eigenvalue weighted by atomic mass is 9.92. The van der Waals surface area contributed by atoms with E-state index in [0.29, 0.717) is 29.9 Å². The lowest BCUT2D eigenvalue weighted by Gasteiger charge is -2.28. The Kier molecular flexibility index (Phi) is 7.57. The molecule has 0 spiro atoms. The van der Waals surface area contributed by atoms with E-state index in [-0.39, 0.29) is 12.8 Å². The van der Waals surface area contributed by atoms with Crippen molar-refractivity contribution in [2.24, 2.45) is 5.92 Å². The second-order valence-corrected chi connectivity index (χ2v) is 8.91. The van der Waals surface area contributed by atoms with Gasteiger partial charge < -0.3 is 19.9 Å². The van der Waals surface area contributed by atoms with Crippen LogP contribution in [0.25, 0.3) is 11.1 Å². The topological polar surface area (TPSA) is 117 Å². The van der Waals surface area contributed by atoms with Crippen molar-refractivity contribution in [3.8, 4) is 22.6 Å². The van der Waals surface area contributed by atoms with E-state index < -0.39 is 23.5 Å². The highest BCUT2D eigenvalue weighted by Gasteiger charge is 2.39. The number of nitrogens with one attached hydrogen (secondary N) is 2. The monoisotopic (exact) mass is 490 g/mol. The van der Waals surface area contributed by atoms with Crippen LogP contribution in [0.1, 0.15) is 29.5 Å². The van der Waals surface area contributed by atoms with Crippen LogP contribution in [0, 0.1) is 5.92 Å². The summed E-state index contributed by atoms with van der Waals surface area (Å²) in [6, 6.07) is 20.6. The van der Waals surface area contributed by atoms with E-state index in [0.717, 1.165) is 22.3 Å². The maximum atomic E-state index is 13.2. The minimum absolute atomic E-state index is 0.228. The summed E-state index contributed by atoms with van der Waals surface area (Å²) >= 11 is 0.